The van der Waals surface area contributed by atoms with Gasteiger partial charge in [0.05, 0.1) is 12.5 Å². The monoisotopic (exact) mass is 225 g/mol. The Morgan fingerprint density at radius 2 is 2.31 bits per heavy atom. The molecule has 1 rings (SSSR count). The Hall–Kier alpha value is -1.89. The van der Waals surface area contributed by atoms with Crippen LogP contribution in [0.1, 0.15) is 19.0 Å². The number of amides is 2. The number of hydrogen-bond donors (Lipinski definition) is 4. The van der Waals surface area contributed by atoms with Crippen molar-refractivity contribution in [3.8, 4) is 0 Å². The lowest BCUT2D eigenvalue weighted by atomic mass is 10.2. The minimum atomic E-state index is -0.945. The van der Waals surface area contributed by atoms with Crippen molar-refractivity contribution in [2.24, 2.45) is 11.5 Å². The zero-order valence-corrected chi connectivity index (χ0v) is 8.99. The lowest BCUT2D eigenvalue weighted by Gasteiger charge is -2.07. The first-order valence-corrected chi connectivity index (χ1v) is 4.92. The Balaban J connectivity index is 2.53. The maximum Gasteiger partial charge on any atom is 0.243 e. The van der Waals surface area contributed by atoms with E-state index in [-0.39, 0.29) is 6.42 Å². The van der Waals surface area contributed by atoms with Gasteiger partial charge in [-0.3, -0.25) is 14.7 Å². The number of anilines is 1. The normalized spacial score (nSPS) is 12.1. The summed E-state index contributed by atoms with van der Waals surface area (Å²) in [6, 6.07) is 0.758. The van der Waals surface area contributed by atoms with Crippen LogP contribution in [0.4, 0.5) is 5.82 Å². The van der Waals surface area contributed by atoms with Gasteiger partial charge in [0, 0.05) is 11.8 Å². The Labute approximate surface area is 92.6 Å². The second-order valence-corrected chi connectivity index (χ2v) is 3.40. The lowest BCUT2D eigenvalue weighted by Crippen LogP contribution is -2.39. The van der Waals surface area contributed by atoms with Crippen LogP contribution in [0.2, 0.25) is 0 Å². The third-order valence-corrected chi connectivity index (χ3v) is 2.02. The summed E-state index contributed by atoms with van der Waals surface area (Å²) in [5, 5.41) is 9.09. The van der Waals surface area contributed by atoms with E-state index in [4.69, 9.17) is 11.5 Å². The fourth-order valence-corrected chi connectivity index (χ4v) is 1.14. The van der Waals surface area contributed by atoms with Gasteiger partial charge < -0.3 is 16.8 Å². The van der Waals surface area contributed by atoms with Crippen molar-refractivity contribution in [3.05, 3.63) is 11.8 Å². The van der Waals surface area contributed by atoms with E-state index in [2.05, 4.69) is 15.5 Å². The average molecular weight is 225 g/mol. The molecule has 0 aromatic carbocycles. The molecule has 1 aromatic rings. The van der Waals surface area contributed by atoms with Crippen LogP contribution in [0.25, 0.3) is 0 Å². The van der Waals surface area contributed by atoms with Gasteiger partial charge in [0.2, 0.25) is 11.8 Å². The number of primary amides is 1. The van der Waals surface area contributed by atoms with Crippen LogP contribution >= 0.6 is 0 Å². The van der Waals surface area contributed by atoms with E-state index in [0.29, 0.717) is 5.82 Å². The molecular formula is C9H15N5O2. The number of H-pyrrole nitrogens is 1. The van der Waals surface area contributed by atoms with E-state index in [1.54, 1.807) is 6.07 Å². The van der Waals surface area contributed by atoms with Crippen LogP contribution in [0.3, 0.4) is 0 Å². The molecule has 1 unspecified atom stereocenters. The lowest BCUT2D eigenvalue weighted by molar-refractivity contribution is -0.123. The molecule has 7 nitrogen and oxygen atoms in total. The molecule has 1 heterocycles. The predicted molar refractivity (Wildman–Crippen MR) is 58.4 cm³/mol. The number of nitrogens with zero attached hydrogens (tertiary/aromatic N) is 1. The fraction of sp³-hybridized carbons (Fsp3) is 0.444. The SMILES string of the molecule is CCc1cc(NC(=O)C(N)CC(N)=O)n[nH]1. The average Bonchev–Trinajstić information content (AvgIpc) is 2.64. The molecule has 0 aliphatic rings. The topological polar surface area (TPSA) is 127 Å². The molecule has 1 atom stereocenters. The Morgan fingerprint density at radius 3 is 2.81 bits per heavy atom. The maximum atomic E-state index is 11.4. The molecule has 1 aromatic heterocycles. The van der Waals surface area contributed by atoms with Gasteiger partial charge in [-0.05, 0) is 6.42 Å². The van der Waals surface area contributed by atoms with E-state index in [1.165, 1.54) is 0 Å². The van der Waals surface area contributed by atoms with Gasteiger partial charge in [0.15, 0.2) is 5.82 Å². The number of aromatic nitrogens is 2. The van der Waals surface area contributed by atoms with Gasteiger partial charge in [-0.15, -0.1) is 0 Å². The number of hydrogen-bond acceptors (Lipinski definition) is 4. The smallest absolute Gasteiger partial charge is 0.243 e. The second kappa shape index (κ2) is 5.26. The molecule has 0 aliphatic heterocycles. The van der Waals surface area contributed by atoms with Crippen molar-refractivity contribution >= 4 is 17.6 Å². The van der Waals surface area contributed by atoms with Crippen LogP contribution in [0, 0.1) is 0 Å². The zero-order valence-electron chi connectivity index (χ0n) is 8.99. The zero-order chi connectivity index (χ0) is 12.1. The minimum absolute atomic E-state index is 0.184. The fourth-order valence-electron chi connectivity index (χ4n) is 1.14. The van der Waals surface area contributed by atoms with E-state index in [1.807, 2.05) is 6.92 Å². The minimum Gasteiger partial charge on any atom is -0.370 e. The Bertz CT molecular complexity index is 387. The van der Waals surface area contributed by atoms with E-state index in [0.717, 1.165) is 12.1 Å². The summed E-state index contributed by atoms with van der Waals surface area (Å²) in [5.74, 6) is -0.700. The van der Waals surface area contributed by atoms with Gasteiger partial charge in [0.25, 0.3) is 0 Å². The highest BCUT2D eigenvalue weighted by molar-refractivity contribution is 5.96. The van der Waals surface area contributed by atoms with Crippen molar-refractivity contribution in [2.75, 3.05) is 5.32 Å². The first-order valence-electron chi connectivity index (χ1n) is 4.92. The maximum absolute atomic E-state index is 11.4. The summed E-state index contributed by atoms with van der Waals surface area (Å²) in [4.78, 5) is 22.0. The largest absolute Gasteiger partial charge is 0.370 e. The summed E-state index contributed by atoms with van der Waals surface area (Å²) in [6.07, 6.45) is 0.604. The molecule has 0 spiro atoms. The quantitative estimate of drug-likeness (QED) is 0.518. The Morgan fingerprint density at radius 1 is 1.62 bits per heavy atom. The third kappa shape index (κ3) is 3.35. The Kier molecular flexibility index (Phi) is 4.01. The summed E-state index contributed by atoms with van der Waals surface area (Å²) in [6.45, 7) is 1.96. The highest BCUT2D eigenvalue weighted by Crippen LogP contribution is 2.06. The van der Waals surface area contributed by atoms with Crippen molar-refractivity contribution in [1.82, 2.24) is 10.2 Å². The molecule has 0 saturated carbocycles. The molecule has 0 fully saturated rings. The van der Waals surface area contributed by atoms with E-state index in [9.17, 15) is 9.59 Å². The first-order chi connectivity index (χ1) is 7.52. The third-order valence-electron chi connectivity index (χ3n) is 2.02. The molecule has 0 saturated heterocycles. The number of nitrogens with two attached hydrogens (primary N) is 2. The van der Waals surface area contributed by atoms with Gasteiger partial charge >= 0.3 is 0 Å². The number of carbonyl (C=O) groups is 2. The molecule has 0 bridgehead atoms. The van der Waals surface area contributed by atoms with Gasteiger partial charge in [-0.25, -0.2) is 0 Å². The summed E-state index contributed by atoms with van der Waals surface area (Å²) >= 11 is 0. The number of rotatable bonds is 5. The summed E-state index contributed by atoms with van der Waals surface area (Å²) in [5.41, 5.74) is 11.3. The van der Waals surface area contributed by atoms with E-state index < -0.39 is 17.9 Å². The van der Waals surface area contributed by atoms with Gasteiger partial charge in [-0.1, -0.05) is 6.92 Å². The van der Waals surface area contributed by atoms with Crippen molar-refractivity contribution in [2.45, 2.75) is 25.8 Å². The van der Waals surface area contributed by atoms with Crippen molar-refractivity contribution < 1.29 is 9.59 Å². The molecule has 7 heteroatoms. The van der Waals surface area contributed by atoms with Crippen LogP contribution in [0.5, 0.6) is 0 Å². The highest BCUT2D eigenvalue weighted by atomic mass is 16.2. The van der Waals surface area contributed by atoms with Crippen molar-refractivity contribution in [1.29, 1.82) is 0 Å². The van der Waals surface area contributed by atoms with Crippen molar-refractivity contribution in [3.63, 3.8) is 0 Å². The highest BCUT2D eigenvalue weighted by Gasteiger charge is 2.16. The number of aromatic amines is 1. The van der Waals surface area contributed by atoms with Crippen LogP contribution < -0.4 is 16.8 Å². The number of nitrogens with one attached hydrogen (secondary N) is 2. The van der Waals surface area contributed by atoms with Gasteiger partial charge in [-0.2, -0.15) is 5.10 Å². The predicted octanol–water partition coefficient (Wildman–Crippen LogP) is -0.887. The standard InChI is InChI=1S/C9H15N5O2/c1-2-5-3-8(14-13-5)12-9(16)6(10)4-7(11)15/h3,6H,2,4,10H2,1H3,(H2,11,15)(H2,12,13,14,16). The number of carbonyl (C=O) groups excluding carboxylic acids is 2. The van der Waals surface area contributed by atoms with E-state index >= 15 is 0 Å². The van der Waals surface area contributed by atoms with Crippen LogP contribution in [0.15, 0.2) is 6.07 Å². The summed E-state index contributed by atoms with van der Waals surface area (Å²) in [7, 11) is 0. The van der Waals surface area contributed by atoms with Gasteiger partial charge in [0.1, 0.15) is 0 Å². The summed E-state index contributed by atoms with van der Waals surface area (Å²) < 4.78 is 0. The molecule has 0 aliphatic carbocycles. The molecular weight excluding hydrogens is 210 g/mol. The number of aryl methyl sites for hydroxylation is 1. The molecule has 6 N–H and O–H groups in total. The molecule has 0 radical (unpaired) electrons. The molecule has 88 valence electrons. The molecule has 2 amide bonds. The molecule has 16 heavy (non-hydrogen) atoms. The second-order valence-electron chi connectivity index (χ2n) is 3.40. The van der Waals surface area contributed by atoms with Crippen LogP contribution in [-0.2, 0) is 16.0 Å². The van der Waals surface area contributed by atoms with Crippen LogP contribution in [-0.4, -0.2) is 28.1 Å². The first kappa shape index (κ1) is 12.2.